The zero-order valence-corrected chi connectivity index (χ0v) is 11.8. The first-order valence-corrected chi connectivity index (χ1v) is 6.91. The Balaban J connectivity index is 2.61. The van der Waals surface area contributed by atoms with E-state index in [-0.39, 0.29) is 12.6 Å². The van der Waals surface area contributed by atoms with Crippen LogP contribution < -0.4 is 5.32 Å². The van der Waals surface area contributed by atoms with Gasteiger partial charge in [-0.05, 0) is 12.8 Å². The Kier molecular flexibility index (Phi) is 6.95. The summed E-state index contributed by atoms with van der Waals surface area (Å²) in [7, 11) is 0. The van der Waals surface area contributed by atoms with E-state index in [1.54, 1.807) is 21.8 Å². The minimum Gasteiger partial charge on any atom is -0.395 e. The van der Waals surface area contributed by atoms with Crippen LogP contribution in [-0.2, 0) is 6.54 Å². The number of amides is 2. The van der Waals surface area contributed by atoms with Gasteiger partial charge in [-0.15, -0.1) is 0 Å². The minimum atomic E-state index is -0.180. The predicted octanol–water partition coefficient (Wildman–Crippen LogP) is 1.92. The number of urea groups is 1. The maximum absolute atomic E-state index is 12.1. The first-order valence-electron chi connectivity index (χ1n) is 6.91. The number of carbonyl (C=O) groups is 1. The Labute approximate surface area is 114 Å². The van der Waals surface area contributed by atoms with E-state index in [0.717, 1.165) is 25.8 Å². The van der Waals surface area contributed by atoms with Crippen molar-refractivity contribution >= 4 is 11.8 Å². The van der Waals surface area contributed by atoms with E-state index in [0.29, 0.717) is 18.9 Å². The van der Waals surface area contributed by atoms with Crippen LogP contribution in [0.4, 0.5) is 10.6 Å². The van der Waals surface area contributed by atoms with Crippen molar-refractivity contribution in [2.24, 2.45) is 0 Å². The normalized spacial score (nSPS) is 10.5. The molecule has 0 aliphatic heterocycles. The average molecular weight is 268 g/mol. The van der Waals surface area contributed by atoms with Crippen LogP contribution in [0.1, 0.15) is 33.1 Å². The third-order valence-corrected chi connectivity index (χ3v) is 2.83. The number of hydrogen-bond donors (Lipinski definition) is 2. The molecule has 6 nitrogen and oxygen atoms in total. The first-order chi connectivity index (χ1) is 9.22. The maximum atomic E-state index is 12.1. The van der Waals surface area contributed by atoms with Gasteiger partial charge < -0.3 is 10.0 Å². The van der Waals surface area contributed by atoms with Crippen LogP contribution in [0.5, 0.6) is 0 Å². The van der Waals surface area contributed by atoms with Gasteiger partial charge in [0.25, 0.3) is 0 Å². The lowest BCUT2D eigenvalue weighted by Crippen LogP contribution is -2.38. The molecule has 1 aromatic heterocycles. The van der Waals surface area contributed by atoms with E-state index in [4.69, 9.17) is 5.11 Å². The number of nitrogens with zero attached hydrogens (tertiary/aromatic N) is 3. The van der Waals surface area contributed by atoms with Crippen LogP contribution in [0.2, 0.25) is 0 Å². The summed E-state index contributed by atoms with van der Waals surface area (Å²) in [5.41, 5.74) is 0. The summed E-state index contributed by atoms with van der Waals surface area (Å²) in [6.45, 7) is 5.90. The zero-order valence-electron chi connectivity index (χ0n) is 11.8. The van der Waals surface area contributed by atoms with Crippen LogP contribution in [0.25, 0.3) is 0 Å². The maximum Gasteiger partial charge on any atom is 0.323 e. The molecule has 0 bridgehead atoms. The minimum absolute atomic E-state index is 0.0225. The molecule has 0 atom stereocenters. The number of hydrogen-bond acceptors (Lipinski definition) is 3. The molecule has 1 aromatic rings. The lowest BCUT2D eigenvalue weighted by molar-refractivity contribution is 0.187. The van der Waals surface area contributed by atoms with Gasteiger partial charge in [0.2, 0.25) is 0 Å². The number of rotatable bonds is 8. The number of aliphatic hydroxyl groups is 1. The van der Waals surface area contributed by atoms with Crippen molar-refractivity contribution in [3.8, 4) is 0 Å². The van der Waals surface area contributed by atoms with Crippen LogP contribution >= 0.6 is 0 Å². The van der Waals surface area contributed by atoms with Crippen LogP contribution in [0.15, 0.2) is 12.3 Å². The summed E-state index contributed by atoms with van der Waals surface area (Å²) in [5, 5.41) is 16.0. The van der Waals surface area contributed by atoms with Gasteiger partial charge in [0.05, 0.1) is 12.8 Å². The topological polar surface area (TPSA) is 70.4 Å². The van der Waals surface area contributed by atoms with Gasteiger partial charge in [-0.1, -0.05) is 20.3 Å². The summed E-state index contributed by atoms with van der Waals surface area (Å²) in [5.74, 6) is 0.700. The van der Waals surface area contributed by atoms with E-state index >= 15 is 0 Å². The molecule has 0 spiro atoms. The van der Waals surface area contributed by atoms with Crippen molar-refractivity contribution in [2.75, 3.05) is 25.0 Å². The Bertz CT molecular complexity index is 378. The second-order valence-electron chi connectivity index (χ2n) is 4.43. The van der Waals surface area contributed by atoms with Gasteiger partial charge in [0, 0.05) is 25.7 Å². The Morgan fingerprint density at radius 3 is 2.84 bits per heavy atom. The molecule has 0 aliphatic rings. The number of aryl methyl sites for hydroxylation is 1. The molecule has 1 heterocycles. The number of carbonyl (C=O) groups excluding carboxylic acids is 1. The molecule has 0 fully saturated rings. The third-order valence-electron chi connectivity index (χ3n) is 2.83. The largest absolute Gasteiger partial charge is 0.395 e. The van der Waals surface area contributed by atoms with Crippen molar-refractivity contribution in [2.45, 2.75) is 39.7 Å². The lowest BCUT2D eigenvalue weighted by Gasteiger charge is -2.22. The second-order valence-corrected chi connectivity index (χ2v) is 4.43. The van der Waals surface area contributed by atoms with Gasteiger partial charge in [-0.3, -0.25) is 5.32 Å². The van der Waals surface area contributed by atoms with Crippen molar-refractivity contribution < 1.29 is 9.90 Å². The SMILES string of the molecule is CCCCN(CCO)C(=O)Nc1ccnn1CCC. The van der Waals surface area contributed by atoms with Crippen molar-refractivity contribution in [3.05, 3.63) is 12.3 Å². The fourth-order valence-electron chi connectivity index (χ4n) is 1.80. The second kappa shape index (κ2) is 8.53. The van der Waals surface area contributed by atoms with Gasteiger partial charge in [-0.2, -0.15) is 5.10 Å². The molecule has 0 aromatic carbocycles. The van der Waals surface area contributed by atoms with Crippen molar-refractivity contribution in [1.29, 1.82) is 0 Å². The Morgan fingerprint density at radius 1 is 1.42 bits per heavy atom. The molecule has 0 aliphatic carbocycles. The monoisotopic (exact) mass is 268 g/mol. The number of aromatic nitrogens is 2. The molecule has 2 amide bonds. The van der Waals surface area contributed by atoms with Crippen molar-refractivity contribution in [1.82, 2.24) is 14.7 Å². The standard InChI is InChI=1S/C13H24N4O2/c1-3-5-9-16(10-11-18)13(19)15-12-6-7-14-17(12)8-4-2/h6-7,18H,3-5,8-11H2,1-2H3,(H,15,19). The molecule has 6 heteroatoms. The molecule has 1 rings (SSSR count). The Morgan fingerprint density at radius 2 is 2.21 bits per heavy atom. The van der Waals surface area contributed by atoms with Gasteiger partial charge in [-0.25, -0.2) is 9.48 Å². The van der Waals surface area contributed by atoms with E-state index in [9.17, 15) is 4.79 Å². The average Bonchev–Trinajstić information content (AvgIpc) is 2.82. The molecule has 0 radical (unpaired) electrons. The van der Waals surface area contributed by atoms with Crippen LogP contribution in [0.3, 0.4) is 0 Å². The van der Waals surface area contributed by atoms with E-state index in [2.05, 4.69) is 24.3 Å². The highest BCUT2D eigenvalue weighted by Gasteiger charge is 2.14. The Hall–Kier alpha value is -1.56. The summed E-state index contributed by atoms with van der Waals surface area (Å²) in [4.78, 5) is 13.8. The predicted molar refractivity (Wildman–Crippen MR) is 75.1 cm³/mol. The third kappa shape index (κ3) is 4.90. The fourth-order valence-corrected chi connectivity index (χ4v) is 1.80. The summed E-state index contributed by atoms with van der Waals surface area (Å²) >= 11 is 0. The molecule has 2 N–H and O–H groups in total. The van der Waals surface area contributed by atoms with E-state index in [1.807, 2.05) is 0 Å². The number of aliphatic hydroxyl groups excluding tert-OH is 1. The van der Waals surface area contributed by atoms with Gasteiger partial charge in [0.15, 0.2) is 0 Å². The number of unbranched alkanes of at least 4 members (excludes halogenated alkanes) is 1. The zero-order chi connectivity index (χ0) is 14.1. The summed E-state index contributed by atoms with van der Waals surface area (Å²) in [6.07, 6.45) is 4.58. The molecular weight excluding hydrogens is 244 g/mol. The van der Waals surface area contributed by atoms with E-state index in [1.165, 1.54) is 0 Å². The highest BCUT2D eigenvalue weighted by atomic mass is 16.3. The van der Waals surface area contributed by atoms with Crippen LogP contribution in [0, 0.1) is 0 Å². The summed E-state index contributed by atoms with van der Waals surface area (Å²) in [6, 6.07) is 1.60. The first kappa shape index (κ1) is 15.5. The van der Waals surface area contributed by atoms with Gasteiger partial charge in [0.1, 0.15) is 5.82 Å². The highest BCUT2D eigenvalue weighted by molar-refractivity contribution is 5.88. The smallest absolute Gasteiger partial charge is 0.323 e. The van der Waals surface area contributed by atoms with Crippen LogP contribution in [-0.4, -0.2) is 45.5 Å². The fraction of sp³-hybridized carbons (Fsp3) is 0.692. The molecular formula is C13H24N4O2. The highest BCUT2D eigenvalue weighted by Crippen LogP contribution is 2.08. The van der Waals surface area contributed by atoms with E-state index < -0.39 is 0 Å². The summed E-state index contributed by atoms with van der Waals surface area (Å²) < 4.78 is 1.77. The van der Waals surface area contributed by atoms with Crippen molar-refractivity contribution in [3.63, 3.8) is 0 Å². The molecule has 0 saturated heterocycles. The molecule has 0 saturated carbocycles. The van der Waals surface area contributed by atoms with Gasteiger partial charge >= 0.3 is 6.03 Å². The number of nitrogens with one attached hydrogen (secondary N) is 1. The molecule has 19 heavy (non-hydrogen) atoms. The molecule has 0 unspecified atom stereocenters. The number of anilines is 1. The quantitative estimate of drug-likeness (QED) is 0.756. The molecule has 108 valence electrons. The lowest BCUT2D eigenvalue weighted by atomic mass is 10.3.